The molecule has 1 fully saturated rings. The molecule has 0 aliphatic carbocycles. The second-order valence-corrected chi connectivity index (χ2v) is 9.49. The number of halogens is 1. The van der Waals surface area contributed by atoms with Crippen LogP contribution in [0.2, 0.25) is 5.02 Å². The highest BCUT2D eigenvalue weighted by Gasteiger charge is 2.31. The Labute approximate surface area is 216 Å². The van der Waals surface area contributed by atoms with E-state index in [9.17, 15) is 14.7 Å². The molecule has 1 aliphatic heterocycles. The standard InChI is InChI=1S/C25H25ClN6O5/c1-14(23-30-21(22(33)25(35)31(23)2)24(34)29-17-8-28-37-13-17)20(18-5-3-4-6-19(18)26)16-7-27-32(10-16)9-15-11-36-12-15/h3-8,10,13-15,20,33H,9,11-12H2,1-2H3,(H,29,34)/t14-,20+/m1/s1. The van der Waals surface area contributed by atoms with Crippen LogP contribution in [0, 0.1) is 5.92 Å². The molecule has 5 rings (SSSR count). The van der Waals surface area contributed by atoms with Crippen LogP contribution in [-0.2, 0) is 18.3 Å². The smallest absolute Gasteiger partial charge is 0.296 e. The van der Waals surface area contributed by atoms with E-state index >= 15 is 0 Å². The number of hydrogen-bond acceptors (Lipinski definition) is 8. The maximum absolute atomic E-state index is 13.0. The fourth-order valence-corrected chi connectivity index (χ4v) is 4.79. The van der Waals surface area contributed by atoms with Crippen molar-refractivity contribution < 1.29 is 19.2 Å². The van der Waals surface area contributed by atoms with Gasteiger partial charge >= 0.3 is 0 Å². The van der Waals surface area contributed by atoms with Crippen LogP contribution in [0.5, 0.6) is 5.75 Å². The molecule has 0 bridgehead atoms. The van der Waals surface area contributed by atoms with Crippen LogP contribution < -0.4 is 10.9 Å². The molecule has 0 spiro atoms. The van der Waals surface area contributed by atoms with Gasteiger partial charge in [0.2, 0.25) is 5.75 Å². The fourth-order valence-electron chi connectivity index (χ4n) is 4.54. The molecule has 12 heteroatoms. The van der Waals surface area contributed by atoms with E-state index in [1.54, 1.807) is 12.3 Å². The zero-order valence-electron chi connectivity index (χ0n) is 20.2. The molecule has 4 heterocycles. The Balaban J connectivity index is 1.56. The Morgan fingerprint density at radius 3 is 2.76 bits per heavy atom. The predicted octanol–water partition coefficient (Wildman–Crippen LogP) is 3.16. The molecule has 2 N–H and O–H groups in total. The maximum atomic E-state index is 13.0. The predicted molar refractivity (Wildman–Crippen MR) is 134 cm³/mol. The molecule has 1 amide bonds. The van der Waals surface area contributed by atoms with Gasteiger partial charge in [-0.3, -0.25) is 18.8 Å². The largest absolute Gasteiger partial charge is 0.501 e. The van der Waals surface area contributed by atoms with Gasteiger partial charge in [0, 0.05) is 42.6 Å². The lowest BCUT2D eigenvalue weighted by Gasteiger charge is -2.26. The highest BCUT2D eigenvalue weighted by molar-refractivity contribution is 6.31. The summed E-state index contributed by atoms with van der Waals surface area (Å²) in [5.41, 5.74) is 0.815. The number of ether oxygens (including phenoxy) is 1. The highest BCUT2D eigenvalue weighted by Crippen LogP contribution is 2.40. The van der Waals surface area contributed by atoms with Gasteiger partial charge in [-0.1, -0.05) is 41.9 Å². The molecule has 3 aromatic heterocycles. The Morgan fingerprint density at radius 2 is 2.08 bits per heavy atom. The van der Waals surface area contributed by atoms with Crippen LogP contribution in [0.15, 0.2) is 58.4 Å². The summed E-state index contributed by atoms with van der Waals surface area (Å²) < 4.78 is 13.1. The number of carbonyl (C=O) groups excluding carboxylic acids is 1. The van der Waals surface area contributed by atoms with Crippen LogP contribution in [0.3, 0.4) is 0 Å². The Morgan fingerprint density at radius 1 is 1.30 bits per heavy atom. The molecule has 0 radical (unpaired) electrons. The maximum Gasteiger partial charge on any atom is 0.296 e. The summed E-state index contributed by atoms with van der Waals surface area (Å²) in [6, 6.07) is 7.44. The summed E-state index contributed by atoms with van der Waals surface area (Å²) in [6.45, 7) is 4.04. The molecule has 2 atom stereocenters. The number of benzene rings is 1. The minimum absolute atomic E-state index is 0.264. The zero-order chi connectivity index (χ0) is 26.1. The molecule has 11 nitrogen and oxygen atoms in total. The lowest BCUT2D eigenvalue weighted by Crippen LogP contribution is -2.31. The average Bonchev–Trinajstić information content (AvgIpc) is 3.54. The summed E-state index contributed by atoms with van der Waals surface area (Å²) in [4.78, 5) is 30.3. The Kier molecular flexibility index (Phi) is 6.81. The van der Waals surface area contributed by atoms with Crippen LogP contribution in [0.4, 0.5) is 5.69 Å². The van der Waals surface area contributed by atoms with Crippen molar-refractivity contribution >= 4 is 23.2 Å². The summed E-state index contributed by atoms with van der Waals surface area (Å²) in [7, 11) is 1.51. The molecule has 0 saturated carbocycles. The van der Waals surface area contributed by atoms with Crippen molar-refractivity contribution in [3.63, 3.8) is 0 Å². The molecular formula is C25H25ClN6O5. The molecule has 37 heavy (non-hydrogen) atoms. The van der Waals surface area contributed by atoms with Gasteiger partial charge < -0.3 is 19.7 Å². The van der Waals surface area contributed by atoms with Crippen molar-refractivity contribution in [2.75, 3.05) is 18.5 Å². The first-order valence-electron chi connectivity index (χ1n) is 11.7. The molecular weight excluding hydrogens is 500 g/mol. The minimum Gasteiger partial charge on any atom is -0.501 e. The third kappa shape index (κ3) is 4.87. The molecule has 0 unspecified atom stereocenters. The molecule has 4 aromatic rings. The second-order valence-electron chi connectivity index (χ2n) is 9.09. The lowest BCUT2D eigenvalue weighted by molar-refractivity contribution is -0.0408. The monoisotopic (exact) mass is 524 g/mol. The van der Waals surface area contributed by atoms with Gasteiger partial charge in [-0.25, -0.2) is 4.98 Å². The topological polar surface area (TPSA) is 137 Å². The fraction of sp³-hybridized carbons (Fsp3) is 0.320. The van der Waals surface area contributed by atoms with Crippen LogP contribution in [0.25, 0.3) is 0 Å². The normalized spacial score (nSPS) is 15.2. The van der Waals surface area contributed by atoms with E-state index in [-0.39, 0.29) is 11.6 Å². The number of amides is 1. The van der Waals surface area contributed by atoms with Gasteiger partial charge in [0.1, 0.15) is 17.8 Å². The molecule has 1 aromatic carbocycles. The van der Waals surface area contributed by atoms with Crippen molar-refractivity contribution in [1.29, 1.82) is 0 Å². The number of aromatic nitrogens is 5. The minimum atomic E-state index is -0.767. The summed E-state index contributed by atoms with van der Waals surface area (Å²) in [5, 5.41) is 21.6. The first-order chi connectivity index (χ1) is 17.8. The quantitative estimate of drug-likeness (QED) is 0.358. The Bertz CT molecular complexity index is 1480. The summed E-state index contributed by atoms with van der Waals surface area (Å²) >= 11 is 6.63. The van der Waals surface area contributed by atoms with Crippen molar-refractivity contribution in [2.24, 2.45) is 13.0 Å². The van der Waals surface area contributed by atoms with E-state index in [1.807, 2.05) is 36.0 Å². The first kappa shape index (κ1) is 24.7. The van der Waals surface area contributed by atoms with Gasteiger partial charge in [-0.2, -0.15) is 5.10 Å². The van der Waals surface area contributed by atoms with Crippen LogP contribution in [0.1, 0.15) is 46.2 Å². The van der Waals surface area contributed by atoms with Crippen LogP contribution in [-0.4, -0.2) is 48.7 Å². The lowest BCUT2D eigenvalue weighted by atomic mass is 9.82. The number of anilines is 1. The number of aromatic hydroxyl groups is 1. The number of rotatable bonds is 8. The third-order valence-corrected chi connectivity index (χ3v) is 6.86. The summed E-state index contributed by atoms with van der Waals surface area (Å²) in [6.07, 6.45) is 6.25. The number of nitrogens with zero attached hydrogens (tertiary/aromatic N) is 5. The molecule has 192 valence electrons. The van der Waals surface area contributed by atoms with E-state index in [1.165, 1.54) is 24.1 Å². The van der Waals surface area contributed by atoms with Crippen molar-refractivity contribution in [3.8, 4) is 5.75 Å². The number of hydrogen-bond donors (Lipinski definition) is 2. The van der Waals surface area contributed by atoms with E-state index in [2.05, 4.69) is 20.6 Å². The zero-order valence-corrected chi connectivity index (χ0v) is 20.9. The number of carbonyl (C=O) groups is 1. The van der Waals surface area contributed by atoms with Crippen molar-refractivity contribution in [1.82, 2.24) is 24.5 Å². The van der Waals surface area contributed by atoms with Gasteiger partial charge in [-0.05, 0) is 17.2 Å². The van der Waals surface area contributed by atoms with Gasteiger partial charge in [0.05, 0.1) is 25.6 Å². The SMILES string of the molecule is C[C@@H](c1nc(C(=O)Nc2cnoc2)c(O)c(=O)n1C)[C@@H](c1cnn(CC2COC2)c1)c1ccccc1Cl. The van der Waals surface area contributed by atoms with E-state index < -0.39 is 28.8 Å². The summed E-state index contributed by atoms with van der Waals surface area (Å²) in [5.74, 6) is -1.60. The van der Waals surface area contributed by atoms with E-state index in [0.29, 0.717) is 30.0 Å². The van der Waals surface area contributed by atoms with Gasteiger partial charge in [0.25, 0.3) is 11.5 Å². The second kappa shape index (κ2) is 10.2. The van der Waals surface area contributed by atoms with E-state index in [0.717, 1.165) is 17.7 Å². The van der Waals surface area contributed by atoms with Gasteiger partial charge in [0.15, 0.2) is 5.69 Å². The van der Waals surface area contributed by atoms with E-state index in [4.69, 9.17) is 20.9 Å². The van der Waals surface area contributed by atoms with Crippen LogP contribution >= 0.6 is 11.6 Å². The molecule has 1 saturated heterocycles. The first-order valence-corrected chi connectivity index (χ1v) is 12.1. The third-order valence-electron chi connectivity index (χ3n) is 6.52. The number of nitrogens with one attached hydrogen (secondary N) is 1. The van der Waals surface area contributed by atoms with Gasteiger partial charge in [-0.15, -0.1) is 0 Å². The average molecular weight is 525 g/mol. The van der Waals surface area contributed by atoms with Crippen molar-refractivity contribution in [2.45, 2.75) is 25.3 Å². The highest BCUT2D eigenvalue weighted by atomic mass is 35.5. The van der Waals surface area contributed by atoms with Crippen molar-refractivity contribution in [3.05, 3.63) is 87.1 Å². The molecule has 1 aliphatic rings. The Hall–Kier alpha value is -3.96.